The van der Waals surface area contributed by atoms with Gasteiger partial charge in [-0.2, -0.15) is 4.31 Å². The van der Waals surface area contributed by atoms with Crippen molar-refractivity contribution in [1.82, 2.24) is 14.6 Å². The lowest BCUT2D eigenvalue weighted by Gasteiger charge is -2.26. The molecule has 1 fully saturated rings. The summed E-state index contributed by atoms with van der Waals surface area (Å²) in [7, 11) is -7.53. The summed E-state index contributed by atoms with van der Waals surface area (Å²) < 4.78 is 56.2. The molecule has 1 saturated heterocycles. The molecule has 0 atom stereocenters. The fraction of sp³-hybridized carbons (Fsp3) is 0.316. The number of nitrogens with zero attached hydrogens (tertiary/aromatic N) is 1. The minimum Gasteiger partial charge on any atom is -0.379 e. The summed E-state index contributed by atoms with van der Waals surface area (Å²) in [5.41, 5.74) is 3.01. The number of rotatable bonds is 8. The van der Waals surface area contributed by atoms with Crippen molar-refractivity contribution in [2.75, 3.05) is 32.1 Å². The Balaban J connectivity index is 1.62. The summed E-state index contributed by atoms with van der Waals surface area (Å²) in [5.74, 6) is -0.958. The Morgan fingerprint density at radius 1 is 0.967 bits per heavy atom. The number of hydrazine groups is 1. The molecule has 2 aromatic carbocycles. The lowest BCUT2D eigenvalue weighted by atomic mass is 10.2. The summed E-state index contributed by atoms with van der Waals surface area (Å²) in [6.07, 6.45) is 0.291. The predicted octanol–water partition coefficient (Wildman–Crippen LogP) is 0.514. The van der Waals surface area contributed by atoms with E-state index in [2.05, 4.69) is 5.43 Å². The van der Waals surface area contributed by atoms with Crippen LogP contribution in [0.25, 0.3) is 0 Å². The normalized spacial score (nSPS) is 15.6. The van der Waals surface area contributed by atoms with Crippen molar-refractivity contribution in [3.8, 4) is 0 Å². The van der Waals surface area contributed by atoms with Gasteiger partial charge in [-0.25, -0.2) is 16.8 Å². The highest BCUT2D eigenvalue weighted by molar-refractivity contribution is 7.89. The maximum Gasteiger partial charge on any atom is 0.266 e. The van der Waals surface area contributed by atoms with E-state index in [-0.39, 0.29) is 29.3 Å². The first-order chi connectivity index (χ1) is 14.3. The second-order valence-corrected chi connectivity index (χ2v) is 10.4. The smallest absolute Gasteiger partial charge is 0.266 e. The molecule has 0 saturated carbocycles. The molecule has 0 spiro atoms. The summed E-state index contributed by atoms with van der Waals surface area (Å²) in [5, 5.41) is 0. The van der Waals surface area contributed by atoms with Gasteiger partial charge in [0.2, 0.25) is 20.0 Å². The lowest BCUT2D eigenvalue weighted by molar-refractivity contribution is 0.0730. The number of hydrogen-bond acceptors (Lipinski definition) is 6. The zero-order chi connectivity index (χ0) is 21.6. The van der Waals surface area contributed by atoms with Crippen molar-refractivity contribution in [1.29, 1.82) is 0 Å². The Bertz CT molecular complexity index is 1080. The Morgan fingerprint density at radius 2 is 1.67 bits per heavy atom. The quantitative estimate of drug-likeness (QED) is 0.562. The van der Waals surface area contributed by atoms with Gasteiger partial charge in [0.15, 0.2) is 0 Å². The largest absolute Gasteiger partial charge is 0.379 e. The molecule has 11 heteroatoms. The summed E-state index contributed by atoms with van der Waals surface area (Å²) in [4.78, 5) is 14.4. The van der Waals surface area contributed by atoms with Crippen molar-refractivity contribution in [2.24, 2.45) is 0 Å². The highest BCUT2D eigenvalue weighted by Gasteiger charge is 2.27. The number of benzene rings is 2. The summed E-state index contributed by atoms with van der Waals surface area (Å²) in [6.45, 7) is 1.09. The van der Waals surface area contributed by atoms with Crippen LogP contribution in [-0.2, 0) is 31.2 Å². The lowest BCUT2D eigenvalue weighted by Crippen LogP contribution is -2.43. The predicted molar refractivity (Wildman–Crippen MR) is 111 cm³/mol. The fourth-order valence-electron chi connectivity index (χ4n) is 2.88. The molecular formula is C19H23N3O6S2. The monoisotopic (exact) mass is 453 g/mol. The van der Waals surface area contributed by atoms with Crippen molar-refractivity contribution < 1.29 is 26.4 Å². The first kappa shape index (κ1) is 22.4. The highest BCUT2D eigenvalue weighted by Crippen LogP contribution is 2.18. The van der Waals surface area contributed by atoms with Gasteiger partial charge < -0.3 is 4.74 Å². The maximum atomic E-state index is 12.7. The molecule has 2 N–H and O–H groups in total. The molecule has 0 radical (unpaired) electrons. The molecular weight excluding hydrogens is 430 g/mol. The van der Waals surface area contributed by atoms with Crippen LogP contribution < -0.4 is 10.3 Å². The van der Waals surface area contributed by atoms with E-state index in [1.54, 1.807) is 0 Å². The van der Waals surface area contributed by atoms with E-state index in [0.29, 0.717) is 19.6 Å². The Morgan fingerprint density at radius 3 is 2.37 bits per heavy atom. The van der Waals surface area contributed by atoms with Crippen LogP contribution in [0.2, 0.25) is 0 Å². The number of amides is 1. The molecule has 30 heavy (non-hydrogen) atoms. The molecule has 3 rings (SSSR count). The highest BCUT2D eigenvalue weighted by atomic mass is 32.2. The summed E-state index contributed by atoms with van der Waals surface area (Å²) >= 11 is 0. The number of ether oxygens (including phenoxy) is 1. The molecule has 1 heterocycles. The van der Waals surface area contributed by atoms with E-state index in [1.807, 2.05) is 35.2 Å². The van der Waals surface area contributed by atoms with Gasteiger partial charge in [-0.3, -0.25) is 10.2 Å². The number of morpholine rings is 1. The van der Waals surface area contributed by atoms with Crippen LogP contribution in [0.4, 0.5) is 0 Å². The molecule has 0 unspecified atom stereocenters. The fourth-order valence-corrected chi connectivity index (χ4v) is 5.19. The van der Waals surface area contributed by atoms with Crippen LogP contribution >= 0.6 is 0 Å². The van der Waals surface area contributed by atoms with Gasteiger partial charge in [0.25, 0.3) is 5.91 Å². The van der Waals surface area contributed by atoms with Crippen molar-refractivity contribution >= 4 is 26.0 Å². The van der Waals surface area contributed by atoms with E-state index in [0.717, 1.165) is 5.56 Å². The van der Waals surface area contributed by atoms with Crippen LogP contribution in [0.3, 0.4) is 0 Å². The van der Waals surface area contributed by atoms with Gasteiger partial charge in [-0.05, 0) is 30.2 Å². The third-order valence-corrected chi connectivity index (χ3v) is 7.58. The van der Waals surface area contributed by atoms with E-state index in [1.165, 1.54) is 28.6 Å². The molecule has 9 nitrogen and oxygen atoms in total. The van der Waals surface area contributed by atoms with Crippen molar-refractivity contribution in [3.63, 3.8) is 0 Å². The number of aryl methyl sites for hydroxylation is 1. The number of nitrogens with one attached hydrogen (secondary N) is 2. The minimum absolute atomic E-state index is 0.0232. The Kier molecular flexibility index (Phi) is 7.21. The van der Waals surface area contributed by atoms with Gasteiger partial charge in [-0.1, -0.05) is 36.4 Å². The third kappa shape index (κ3) is 5.86. The number of hydrogen-bond donors (Lipinski definition) is 2. The average Bonchev–Trinajstić information content (AvgIpc) is 2.77. The maximum absolute atomic E-state index is 12.7. The number of sulfonamides is 2. The van der Waals surface area contributed by atoms with Gasteiger partial charge in [0, 0.05) is 18.7 Å². The van der Waals surface area contributed by atoms with Gasteiger partial charge in [-0.15, -0.1) is 4.83 Å². The van der Waals surface area contributed by atoms with Gasteiger partial charge >= 0.3 is 0 Å². The molecule has 0 aliphatic carbocycles. The molecule has 1 aliphatic rings. The van der Waals surface area contributed by atoms with Crippen LogP contribution in [0, 0.1) is 0 Å². The Labute approximate surface area is 176 Å². The molecule has 1 amide bonds. The van der Waals surface area contributed by atoms with Crippen molar-refractivity contribution in [3.05, 3.63) is 65.7 Å². The minimum atomic E-state index is -3.77. The second kappa shape index (κ2) is 9.67. The van der Waals surface area contributed by atoms with E-state index >= 15 is 0 Å². The third-order valence-electron chi connectivity index (χ3n) is 4.53. The first-order valence-corrected chi connectivity index (χ1v) is 12.4. The van der Waals surface area contributed by atoms with Crippen molar-refractivity contribution in [2.45, 2.75) is 11.3 Å². The number of carbonyl (C=O) groups is 1. The standard InChI is InChI=1S/C19H23N3O6S2/c23-19(20-21-29(24,25)14-9-16-5-2-1-3-6-16)17-7-4-8-18(15-17)30(26,27)22-10-12-28-13-11-22/h1-8,15,21H,9-14H2,(H,20,23). The topological polar surface area (TPSA) is 122 Å². The van der Waals surface area contributed by atoms with Crippen LogP contribution in [-0.4, -0.2) is 59.1 Å². The SMILES string of the molecule is O=C(NNS(=O)(=O)CCc1ccccc1)c1cccc(S(=O)(=O)N2CCOCC2)c1. The average molecular weight is 454 g/mol. The molecule has 1 aliphatic heterocycles. The zero-order valence-electron chi connectivity index (χ0n) is 16.2. The zero-order valence-corrected chi connectivity index (χ0v) is 17.8. The van der Waals surface area contributed by atoms with Gasteiger partial charge in [0.1, 0.15) is 0 Å². The van der Waals surface area contributed by atoms with Crippen LogP contribution in [0.15, 0.2) is 59.5 Å². The van der Waals surface area contributed by atoms with E-state index < -0.39 is 26.0 Å². The molecule has 0 aromatic heterocycles. The second-order valence-electron chi connectivity index (χ2n) is 6.65. The molecule has 2 aromatic rings. The van der Waals surface area contributed by atoms with Gasteiger partial charge in [0.05, 0.1) is 23.9 Å². The van der Waals surface area contributed by atoms with E-state index in [9.17, 15) is 21.6 Å². The molecule has 162 valence electrons. The molecule has 0 bridgehead atoms. The number of carbonyl (C=O) groups excluding carboxylic acids is 1. The summed E-state index contributed by atoms with van der Waals surface area (Å²) in [6, 6.07) is 14.6. The van der Waals surface area contributed by atoms with E-state index in [4.69, 9.17) is 4.74 Å². The van der Waals surface area contributed by atoms with Crippen LogP contribution in [0.1, 0.15) is 15.9 Å². The first-order valence-electron chi connectivity index (χ1n) is 9.30. The van der Waals surface area contributed by atoms with Crippen LogP contribution in [0.5, 0.6) is 0 Å². The Hall–Kier alpha value is -2.31.